The van der Waals surface area contributed by atoms with E-state index >= 15 is 0 Å². The molecule has 0 saturated heterocycles. The minimum absolute atomic E-state index is 0.239. The second-order valence-corrected chi connectivity index (χ2v) is 9.20. The smallest absolute Gasteiger partial charge is 0.314 e. The minimum Gasteiger partial charge on any atom is -0.462 e. The lowest BCUT2D eigenvalue weighted by molar-refractivity contribution is -0.140. The van der Waals surface area contributed by atoms with Gasteiger partial charge in [0, 0.05) is 0 Å². The summed E-state index contributed by atoms with van der Waals surface area (Å²) in [6, 6.07) is 2.51. The molecule has 3 nitrogen and oxygen atoms in total. The van der Waals surface area contributed by atoms with Crippen LogP contribution in [0.1, 0.15) is 78.1 Å². The van der Waals surface area contributed by atoms with E-state index < -0.39 is 17.6 Å². The van der Waals surface area contributed by atoms with Crippen molar-refractivity contribution in [1.82, 2.24) is 0 Å². The van der Waals surface area contributed by atoms with Crippen LogP contribution in [0, 0.1) is 35.3 Å². The molecule has 1 aromatic carbocycles. The van der Waals surface area contributed by atoms with Crippen molar-refractivity contribution in [3.8, 4) is 11.5 Å². The van der Waals surface area contributed by atoms with E-state index in [-0.39, 0.29) is 17.4 Å². The number of hydrogen-bond donors (Lipinski definition) is 0. The van der Waals surface area contributed by atoms with Crippen molar-refractivity contribution in [2.75, 3.05) is 0 Å². The molecule has 0 aliphatic heterocycles. The molecule has 0 amide bonds. The number of halogens is 2. The molecule has 32 heavy (non-hydrogen) atoms. The van der Waals surface area contributed by atoms with Crippen molar-refractivity contribution in [3.63, 3.8) is 0 Å². The highest BCUT2D eigenvalue weighted by Gasteiger charge is 2.33. The molecule has 0 aromatic heterocycles. The zero-order valence-electron chi connectivity index (χ0n) is 19.3. The van der Waals surface area contributed by atoms with E-state index in [1.807, 2.05) is 0 Å². The summed E-state index contributed by atoms with van der Waals surface area (Å²) in [5, 5.41) is 0. The van der Waals surface area contributed by atoms with E-state index in [1.54, 1.807) is 13.0 Å². The van der Waals surface area contributed by atoms with Gasteiger partial charge in [-0.1, -0.05) is 31.6 Å². The molecule has 0 radical (unpaired) electrons. The normalized spacial score (nSPS) is 26.5. The molecule has 0 spiro atoms. The summed E-state index contributed by atoms with van der Waals surface area (Å²) >= 11 is 0. The third-order valence-electron chi connectivity index (χ3n) is 7.01. The molecule has 176 valence electrons. The molecule has 2 aliphatic carbocycles. The van der Waals surface area contributed by atoms with Crippen LogP contribution in [0.2, 0.25) is 0 Å². The van der Waals surface area contributed by atoms with Crippen LogP contribution >= 0.6 is 0 Å². The molecule has 0 N–H and O–H groups in total. The van der Waals surface area contributed by atoms with E-state index in [0.29, 0.717) is 5.92 Å². The maximum absolute atomic E-state index is 14.3. The predicted octanol–water partition coefficient (Wildman–Crippen LogP) is 7.75. The van der Waals surface area contributed by atoms with E-state index in [2.05, 4.69) is 19.1 Å². The van der Waals surface area contributed by atoms with Crippen molar-refractivity contribution in [1.29, 1.82) is 0 Å². The molecule has 2 fully saturated rings. The Kier molecular flexibility index (Phi) is 9.31. The average Bonchev–Trinajstić information content (AvgIpc) is 2.82. The van der Waals surface area contributed by atoms with Gasteiger partial charge in [0.05, 0.1) is 12.2 Å². The standard InChI is InChI=1S/C27H36F2O3/c1-3-5-6-7-19-8-10-20(11-9-19)21-12-14-22(15-13-21)27(30)32-24-17-16-23(31-18-4-2)25(28)26(24)29/h4,6-7,16-22H,3,5,8-15H2,1-2H3/b7-6+,18-4+. The number of carbonyl (C=O) groups excluding carboxylic acids is 1. The Hall–Kier alpha value is -2.17. The first kappa shape index (κ1) is 24.5. The molecule has 1 aromatic rings. The molecular weight excluding hydrogens is 410 g/mol. The molecule has 0 unspecified atom stereocenters. The van der Waals surface area contributed by atoms with E-state index in [0.717, 1.165) is 37.5 Å². The van der Waals surface area contributed by atoms with Gasteiger partial charge >= 0.3 is 5.97 Å². The summed E-state index contributed by atoms with van der Waals surface area (Å²) in [7, 11) is 0. The van der Waals surface area contributed by atoms with Crippen LogP contribution in [0.4, 0.5) is 8.78 Å². The molecule has 0 heterocycles. The van der Waals surface area contributed by atoms with Crippen molar-refractivity contribution in [2.24, 2.45) is 23.7 Å². The molecule has 5 heteroatoms. The first-order valence-electron chi connectivity index (χ1n) is 12.2. The highest BCUT2D eigenvalue weighted by atomic mass is 19.2. The Morgan fingerprint density at radius 2 is 1.56 bits per heavy atom. The topological polar surface area (TPSA) is 35.5 Å². The minimum atomic E-state index is -1.20. The zero-order valence-corrected chi connectivity index (χ0v) is 19.3. The molecule has 0 atom stereocenters. The van der Waals surface area contributed by atoms with Crippen molar-refractivity contribution < 1.29 is 23.0 Å². The summed E-state index contributed by atoms with van der Waals surface area (Å²) in [5.41, 5.74) is 0. The Balaban J connectivity index is 1.46. The van der Waals surface area contributed by atoms with Gasteiger partial charge in [-0.15, -0.1) is 0 Å². The number of hydrogen-bond acceptors (Lipinski definition) is 3. The lowest BCUT2D eigenvalue weighted by Crippen LogP contribution is -2.30. The second-order valence-electron chi connectivity index (χ2n) is 9.20. The fraction of sp³-hybridized carbons (Fsp3) is 0.593. The average molecular weight is 447 g/mol. The third kappa shape index (κ3) is 6.43. The predicted molar refractivity (Wildman–Crippen MR) is 122 cm³/mol. The van der Waals surface area contributed by atoms with Gasteiger partial charge in [-0.3, -0.25) is 4.79 Å². The molecule has 2 saturated carbocycles. The number of allylic oxidation sites excluding steroid dienone is 3. The van der Waals surface area contributed by atoms with Gasteiger partial charge in [0.25, 0.3) is 0 Å². The number of ether oxygens (including phenoxy) is 2. The summed E-state index contributed by atoms with van der Waals surface area (Å²) in [4.78, 5) is 12.6. The number of benzene rings is 1. The fourth-order valence-corrected chi connectivity index (χ4v) is 5.11. The maximum atomic E-state index is 14.3. The van der Waals surface area contributed by atoms with Gasteiger partial charge in [0.15, 0.2) is 11.5 Å². The number of rotatable bonds is 8. The largest absolute Gasteiger partial charge is 0.462 e. The van der Waals surface area contributed by atoms with Gasteiger partial charge in [-0.25, -0.2) is 0 Å². The van der Waals surface area contributed by atoms with Gasteiger partial charge in [-0.2, -0.15) is 8.78 Å². The van der Waals surface area contributed by atoms with Crippen molar-refractivity contribution >= 4 is 5.97 Å². The fourth-order valence-electron chi connectivity index (χ4n) is 5.11. The Bertz CT molecular complexity index is 801. The molecule has 2 aliphatic rings. The van der Waals surface area contributed by atoms with E-state index in [1.165, 1.54) is 56.9 Å². The van der Waals surface area contributed by atoms with Crippen LogP contribution < -0.4 is 9.47 Å². The second kappa shape index (κ2) is 12.2. The summed E-state index contributed by atoms with van der Waals surface area (Å²) in [5.74, 6) is -1.54. The molecule has 3 rings (SSSR count). The molecular formula is C27H36F2O3. The summed E-state index contributed by atoms with van der Waals surface area (Å²) in [6.07, 6.45) is 18.6. The first-order chi connectivity index (χ1) is 15.5. The monoisotopic (exact) mass is 446 g/mol. The number of carbonyl (C=O) groups is 1. The van der Waals surface area contributed by atoms with Gasteiger partial charge in [0.1, 0.15) is 0 Å². The summed E-state index contributed by atoms with van der Waals surface area (Å²) in [6.45, 7) is 3.91. The first-order valence-corrected chi connectivity index (χ1v) is 12.2. The highest BCUT2D eigenvalue weighted by molar-refractivity contribution is 5.75. The van der Waals surface area contributed by atoms with Crippen LogP contribution in [-0.2, 0) is 4.79 Å². The van der Waals surface area contributed by atoms with Crippen LogP contribution in [-0.4, -0.2) is 5.97 Å². The maximum Gasteiger partial charge on any atom is 0.314 e. The van der Waals surface area contributed by atoms with Crippen LogP contribution in [0.5, 0.6) is 11.5 Å². The lowest BCUT2D eigenvalue weighted by Gasteiger charge is -2.36. The van der Waals surface area contributed by atoms with Crippen LogP contribution in [0.3, 0.4) is 0 Å². The van der Waals surface area contributed by atoms with Gasteiger partial charge in [-0.05, 0) is 94.6 Å². The van der Waals surface area contributed by atoms with E-state index in [9.17, 15) is 13.6 Å². The van der Waals surface area contributed by atoms with Crippen LogP contribution in [0.15, 0.2) is 36.6 Å². The van der Waals surface area contributed by atoms with E-state index in [4.69, 9.17) is 9.47 Å². The quantitative estimate of drug-likeness (QED) is 0.177. The summed E-state index contributed by atoms with van der Waals surface area (Å²) < 4.78 is 38.6. The highest BCUT2D eigenvalue weighted by Crippen LogP contribution is 2.42. The number of unbranched alkanes of at least 4 members (excludes halogenated alkanes) is 1. The van der Waals surface area contributed by atoms with Crippen molar-refractivity contribution in [3.05, 3.63) is 48.3 Å². The Morgan fingerprint density at radius 3 is 2.19 bits per heavy atom. The Labute approximate surface area is 190 Å². The van der Waals surface area contributed by atoms with Crippen molar-refractivity contribution in [2.45, 2.75) is 78.1 Å². The lowest BCUT2D eigenvalue weighted by atomic mass is 9.69. The third-order valence-corrected chi connectivity index (χ3v) is 7.01. The molecule has 0 bridgehead atoms. The van der Waals surface area contributed by atoms with Gasteiger partial charge < -0.3 is 9.47 Å². The SMILES string of the molecule is C/C=C/Oc1ccc(OC(=O)C2CCC(C3CCC(/C=C/CCC)CC3)CC2)c(F)c1F. The van der Waals surface area contributed by atoms with Crippen LogP contribution in [0.25, 0.3) is 0 Å². The Morgan fingerprint density at radius 1 is 0.969 bits per heavy atom. The van der Waals surface area contributed by atoms with Gasteiger partial charge in [0.2, 0.25) is 11.6 Å². The zero-order chi connectivity index (χ0) is 22.9. The number of esters is 1.